The Morgan fingerprint density at radius 2 is 1.81 bits per heavy atom. The number of alkyl carbamates (subject to hydrolysis) is 1. The molecule has 0 aliphatic carbocycles. The lowest BCUT2D eigenvalue weighted by atomic mass is 9.99. The second kappa shape index (κ2) is 17.1. The number of carbonyl (C=O) groups excluding carboxylic acids is 2. The van der Waals surface area contributed by atoms with Crippen molar-refractivity contribution in [2.75, 3.05) is 18.5 Å². The number of thiazole rings is 1. The van der Waals surface area contributed by atoms with Crippen LogP contribution in [0.4, 0.5) is 10.5 Å². The lowest BCUT2D eigenvalue weighted by Gasteiger charge is -2.24. The van der Waals surface area contributed by atoms with Crippen LogP contribution in [0.15, 0.2) is 84.4 Å². The van der Waals surface area contributed by atoms with E-state index < -0.39 is 19.8 Å². The number of amides is 2. The third kappa shape index (κ3) is 10.2. The van der Waals surface area contributed by atoms with Crippen molar-refractivity contribution in [1.29, 1.82) is 0 Å². The summed E-state index contributed by atoms with van der Waals surface area (Å²) in [5.41, 5.74) is 6.26. The molecule has 6 aromatic rings. The van der Waals surface area contributed by atoms with Gasteiger partial charge in [0, 0.05) is 49.7 Å². The largest absolute Gasteiger partial charge is 0.444 e. The van der Waals surface area contributed by atoms with E-state index in [-0.39, 0.29) is 24.4 Å². The summed E-state index contributed by atoms with van der Waals surface area (Å²) in [5.74, 6) is -0.346. The van der Waals surface area contributed by atoms with Gasteiger partial charge in [-0.2, -0.15) is 10.2 Å². The number of aromatic nitrogens is 5. The summed E-state index contributed by atoms with van der Waals surface area (Å²) in [6.45, 7) is 14.4. The van der Waals surface area contributed by atoms with E-state index in [1.54, 1.807) is 5.38 Å². The van der Waals surface area contributed by atoms with E-state index in [1.807, 2.05) is 109 Å². The van der Waals surface area contributed by atoms with Gasteiger partial charge in [-0.1, -0.05) is 68.2 Å². The van der Waals surface area contributed by atoms with Gasteiger partial charge in [-0.05, 0) is 81.5 Å². The van der Waals surface area contributed by atoms with Gasteiger partial charge in [0.05, 0.1) is 23.1 Å². The van der Waals surface area contributed by atoms with Crippen molar-refractivity contribution in [3.8, 4) is 33.1 Å². The molecule has 14 heteroatoms. The predicted octanol–water partition coefficient (Wildman–Crippen LogP) is 9.98. The summed E-state index contributed by atoms with van der Waals surface area (Å²) in [7, 11) is -1.26. The standard InChI is InChI=1S/C43H51N7O5SSi/c1-43(2,3)55-42(52)44-25-29-13-12-16-31(21-29)33-22-32-26-45-49(28-53-19-20-57(4,5)6)37(32)24-35(33)46-40(51)36-27-56-41(47-36)38-23-34(30-14-8-7-9-15-30)48-50(38)39-17-10-11-18-54-39/h7-9,12-16,21-24,26-27,39H,10-11,17-20,25,28H2,1-6H3,(H,44,52)(H,46,51). The quantitative estimate of drug-likeness (QED) is 0.0871. The highest BCUT2D eigenvalue weighted by Crippen LogP contribution is 2.36. The van der Waals surface area contributed by atoms with E-state index in [4.69, 9.17) is 24.3 Å². The number of nitrogens with zero attached hydrogens (tertiary/aromatic N) is 5. The first-order valence-electron chi connectivity index (χ1n) is 19.5. The van der Waals surface area contributed by atoms with Crippen molar-refractivity contribution in [3.05, 3.63) is 95.6 Å². The van der Waals surface area contributed by atoms with Gasteiger partial charge in [-0.3, -0.25) is 4.79 Å². The molecule has 1 unspecified atom stereocenters. The zero-order chi connectivity index (χ0) is 40.2. The first-order valence-corrected chi connectivity index (χ1v) is 24.1. The molecule has 1 atom stereocenters. The smallest absolute Gasteiger partial charge is 0.407 e. The maximum absolute atomic E-state index is 14.2. The van der Waals surface area contributed by atoms with Crippen LogP contribution in [0.25, 0.3) is 44.0 Å². The fourth-order valence-electron chi connectivity index (χ4n) is 6.56. The third-order valence-electron chi connectivity index (χ3n) is 9.50. The SMILES string of the molecule is CC(C)(C)OC(=O)NCc1cccc(-c2cc3cnn(COCC[Si](C)(C)C)c3cc2NC(=O)c2csc(-c3cc(-c4ccccc4)nn3C3CCCCO3)n2)c1. The summed E-state index contributed by atoms with van der Waals surface area (Å²) in [6, 6.07) is 24.9. The van der Waals surface area contributed by atoms with Gasteiger partial charge in [0.2, 0.25) is 0 Å². The highest BCUT2D eigenvalue weighted by Gasteiger charge is 2.25. The average molecular weight is 806 g/mol. The van der Waals surface area contributed by atoms with Crippen molar-refractivity contribution < 1.29 is 23.8 Å². The molecule has 1 aliphatic heterocycles. The first-order chi connectivity index (χ1) is 27.3. The molecule has 0 radical (unpaired) electrons. The van der Waals surface area contributed by atoms with Crippen LogP contribution in [-0.4, -0.2) is 63.4 Å². The predicted molar refractivity (Wildman–Crippen MR) is 228 cm³/mol. The van der Waals surface area contributed by atoms with Gasteiger partial charge in [0.15, 0.2) is 6.23 Å². The Hall–Kier alpha value is -5.15. The number of carbonyl (C=O) groups is 2. The Labute approximate surface area is 338 Å². The maximum atomic E-state index is 14.2. The van der Waals surface area contributed by atoms with Crippen LogP contribution >= 0.6 is 11.3 Å². The first kappa shape index (κ1) is 40.1. The van der Waals surface area contributed by atoms with Crippen LogP contribution in [0.2, 0.25) is 25.7 Å². The lowest BCUT2D eigenvalue weighted by Crippen LogP contribution is -2.32. The summed E-state index contributed by atoms with van der Waals surface area (Å²) < 4.78 is 21.4. The van der Waals surface area contributed by atoms with Gasteiger partial charge >= 0.3 is 6.09 Å². The van der Waals surface area contributed by atoms with Gasteiger partial charge in [-0.15, -0.1) is 11.3 Å². The van der Waals surface area contributed by atoms with Crippen LogP contribution in [0, 0.1) is 0 Å². The molecule has 7 rings (SSSR count). The molecule has 1 saturated heterocycles. The van der Waals surface area contributed by atoms with Crippen LogP contribution in [0.1, 0.15) is 62.3 Å². The number of hydrogen-bond acceptors (Lipinski definition) is 9. The van der Waals surface area contributed by atoms with Crippen molar-refractivity contribution in [2.45, 2.75) is 90.8 Å². The molecular weight excluding hydrogens is 755 g/mol. The number of benzene rings is 3. The van der Waals surface area contributed by atoms with E-state index in [9.17, 15) is 9.59 Å². The molecular formula is C43H51N7O5SSi. The Kier molecular flexibility index (Phi) is 12.0. The van der Waals surface area contributed by atoms with Gasteiger partial charge < -0.3 is 24.8 Å². The fourth-order valence-corrected chi connectivity index (χ4v) is 8.12. The lowest BCUT2D eigenvalue weighted by molar-refractivity contribution is -0.0382. The van der Waals surface area contributed by atoms with Gasteiger partial charge in [-0.25, -0.2) is 19.1 Å². The van der Waals surface area contributed by atoms with Gasteiger partial charge in [0.1, 0.15) is 28.7 Å². The summed E-state index contributed by atoms with van der Waals surface area (Å²) >= 11 is 1.40. The summed E-state index contributed by atoms with van der Waals surface area (Å²) in [4.78, 5) is 31.5. The topological polar surface area (TPSA) is 134 Å². The number of hydrogen-bond donors (Lipinski definition) is 2. The Morgan fingerprint density at radius 3 is 2.56 bits per heavy atom. The normalized spacial score (nSPS) is 14.8. The van der Waals surface area contributed by atoms with Gasteiger partial charge in [0.25, 0.3) is 5.91 Å². The van der Waals surface area contributed by atoms with Crippen molar-refractivity contribution in [1.82, 2.24) is 29.9 Å². The minimum atomic E-state index is -1.26. The minimum Gasteiger partial charge on any atom is -0.444 e. The number of nitrogens with one attached hydrogen (secondary N) is 2. The molecule has 2 amide bonds. The molecule has 3 aromatic heterocycles. The van der Waals surface area contributed by atoms with E-state index in [0.29, 0.717) is 30.6 Å². The molecule has 298 valence electrons. The molecule has 4 heterocycles. The van der Waals surface area contributed by atoms with Crippen molar-refractivity contribution in [3.63, 3.8) is 0 Å². The molecule has 0 saturated carbocycles. The molecule has 1 aliphatic rings. The zero-order valence-corrected chi connectivity index (χ0v) is 35.3. The summed E-state index contributed by atoms with van der Waals surface area (Å²) in [5, 5.41) is 19.0. The second-order valence-corrected chi connectivity index (χ2v) is 23.0. The monoisotopic (exact) mass is 805 g/mol. The molecule has 57 heavy (non-hydrogen) atoms. The highest BCUT2D eigenvalue weighted by molar-refractivity contribution is 7.13. The Morgan fingerprint density at radius 1 is 1.00 bits per heavy atom. The number of anilines is 1. The number of rotatable bonds is 13. The minimum absolute atomic E-state index is 0.207. The molecule has 0 bridgehead atoms. The summed E-state index contributed by atoms with van der Waals surface area (Å²) in [6.07, 6.45) is 4.04. The molecule has 2 N–H and O–H groups in total. The molecule has 0 spiro atoms. The van der Waals surface area contributed by atoms with Crippen molar-refractivity contribution in [2.24, 2.45) is 0 Å². The molecule has 1 fully saturated rings. The van der Waals surface area contributed by atoms with Crippen LogP contribution in [0.5, 0.6) is 0 Å². The Balaban J connectivity index is 1.19. The van der Waals surface area contributed by atoms with E-state index >= 15 is 0 Å². The number of ether oxygens (including phenoxy) is 3. The second-order valence-electron chi connectivity index (χ2n) is 16.5. The average Bonchev–Trinajstić information content (AvgIpc) is 3.94. The van der Waals surface area contributed by atoms with Crippen molar-refractivity contribution >= 4 is 48.0 Å². The fraction of sp³-hybridized carbons (Fsp3) is 0.372. The zero-order valence-electron chi connectivity index (χ0n) is 33.5. The van der Waals surface area contributed by atoms with Crippen LogP contribution < -0.4 is 10.6 Å². The van der Waals surface area contributed by atoms with E-state index in [1.165, 1.54) is 11.3 Å². The Bertz CT molecular complexity index is 2340. The molecule has 3 aromatic carbocycles. The molecule has 12 nitrogen and oxygen atoms in total. The third-order valence-corrected chi connectivity index (χ3v) is 12.1. The maximum Gasteiger partial charge on any atom is 0.407 e. The van der Waals surface area contributed by atoms with Crippen LogP contribution in [0.3, 0.4) is 0 Å². The van der Waals surface area contributed by atoms with E-state index in [2.05, 4.69) is 35.4 Å². The highest BCUT2D eigenvalue weighted by atomic mass is 32.1. The van der Waals surface area contributed by atoms with Crippen LogP contribution in [-0.2, 0) is 27.5 Å². The van der Waals surface area contributed by atoms with E-state index in [0.717, 1.165) is 69.9 Å². The number of fused-ring (bicyclic) bond motifs is 1.